The van der Waals surface area contributed by atoms with E-state index in [2.05, 4.69) is 24.1 Å². The zero-order valence-electron chi connectivity index (χ0n) is 11.4. The van der Waals surface area contributed by atoms with Crippen molar-refractivity contribution in [2.45, 2.75) is 19.8 Å². The molecule has 0 aliphatic rings. The Morgan fingerprint density at radius 3 is 2.95 bits per heavy atom. The van der Waals surface area contributed by atoms with Gasteiger partial charge in [0.15, 0.2) is 0 Å². The number of unbranched alkanes of at least 4 members (excludes halogenated alkanes) is 1. The fourth-order valence-electron chi connectivity index (χ4n) is 1.50. The standard InChI is InChI=1S/C15H22N2O2/c1-3-5-11-19-14-9-7-6-8-13(14)17-15(18)12-16-10-4-2/h4,6-9,16H,2-3,5,10-12H2,1H3,(H,17,18). The number of nitrogens with one attached hydrogen (secondary N) is 2. The molecule has 0 saturated carbocycles. The number of carbonyl (C=O) groups excluding carboxylic acids is 1. The van der Waals surface area contributed by atoms with Gasteiger partial charge in [0.2, 0.25) is 5.91 Å². The second-order valence-corrected chi connectivity index (χ2v) is 4.17. The molecule has 0 fully saturated rings. The molecule has 0 spiro atoms. The van der Waals surface area contributed by atoms with Crippen LogP contribution < -0.4 is 15.4 Å². The lowest BCUT2D eigenvalue weighted by Crippen LogP contribution is -2.28. The normalized spacial score (nSPS) is 9.95. The Bertz CT molecular complexity index is 405. The molecule has 0 heterocycles. The molecular formula is C15H22N2O2. The van der Waals surface area contributed by atoms with E-state index in [9.17, 15) is 4.79 Å². The molecule has 0 aliphatic carbocycles. The summed E-state index contributed by atoms with van der Waals surface area (Å²) < 4.78 is 5.65. The zero-order chi connectivity index (χ0) is 13.9. The number of carbonyl (C=O) groups is 1. The summed E-state index contributed by atoms with van der Waals surface area (Å²) in [7, 11) is 0. The van der Waals surface area contributed by atoms with E-state index in [0.29, 0.717) is 24.6 Å². The summed E-state index contributed by atoms with van der Waals surface area (Å²) in [5, 5.41) is 5.79. The molecule has 19 heavy (non-hydrogen) atoms. The van der Waals surface area contributed by atoms with Crippen molar-refractivity contribution < 1.29 is 9.53 Å². The van der Waals surface area contributed by atoms with Gasteiger partial charge in [0, 0.05) is 6.54 Å². The molecule has 1 aromatic carbocycles. The molecule has 104 valence electrons. The van der Waals surface area contributed by atoms with Crippen LogP contribution in [-0.2, 0) is 4.79 Å². The Labute approximate surface area is 114 Å². The lowest BCUT2D eigenvalue weighted by atomic mass is 10.3. The quantitative estimate of drug-likeness (QED) is 0.531. The van der Waals surface area contributed by atoms with Crippen LogP contribution in [0.25, 0.3) is 0 Å². The molecule has 4 nitrogen and oxygen atoms in total. The van der Waals surface area contributed by atoms with Gasteiger partial charge in [-0.1, -0.05) is 31.6 Å². The van der Waals surface area contributed by atoms with Gasteiger partial charge in [-0.15, -0.1) is 6.58 Å². The molecular weight excluding hydrogens is 240 g/mol. The van der Waals surface area contributed by atoms with E-state index in [-0.39, 0.29) is 12.5 Å². The molecule has 1 aromatic rings. The van der Waals surface area contributed by atoms with E-state index in [0.717, 1.165) is 12.8 Å². The van der Waals surface area contributed by atoms with Crippen LogP contribution in [0.4, 0.5) is 5.69 Å². The van der Waals surface area contributed by atoms with Crippen LogP contribution in [-0.4, -0.2) is 25.6 Å². The molecule has 0 aromatic heterocycles. The van der Waals surface area contributed by atoms with Gasteiger partial charge < -0.3 is 15.4 Å². The highest BCUT2D eigenvalue weighted by Crippen LogP contribution is 2.23. The van der Waals surface area contributed by atoms with Gasteiger partial charge in [0.25, 0.3) is 0 Å². The third-order valence-electron chi connectivity index (χ3n) is 2.49. The predicted molar refractivity (Wildman–Crippen MR) is 78.5 cm³/mol. The van der Waals surface area contributed by atoms with E-state index >= 15 is 0 Å². The number of anilines is 1. The highest BCUT2D eigenvalue weighted by molar-refractivity contribution is 5.93. The van der Waals surface area contributed by atoms with Crippen molar-refractivity contribution in [3.8, 4) is 5.75 Å². The van der Waals surface area contributed by atoms with Crippen LogP contribution in [0.2, 0.25) is 0 Å². The van der Waals surface area contributed by atoms with Crippen molar-refractivity contribution in [3.05, 3.63) is 36.9 Å². The zero-order valence-corrected chi connectivity index (χ0v) is 11.4. The highest BCUT2D eigenvalue weighted by Gasteiger charge is 2.06. The van der Waals surface area contributed by atoms with E-state index in [1.54, 1.807) is 6.08 Å². The van der Waals surface area contributed by atoms with Crippen molar-refractivity contribution in [2.24, 2.45) is 0 Å². The molecule has 0 bridgehead atoms. The minimum absolute atomic E-state index is 0.0895. The number of hydrogen-bond acceptors (Lipinski definition) is 3. The summed E-state index contributed by atoms with van der Waals surface area (Å²) in [5.41, 5.74) is 0.712. The van der Waals surface area contributed by atoms with Crippen LogP contribution >= 0.6 is 0 Å². The molecule has 0 aliphatic heterocycles. The number of amides is 1. The van der Waals surface area contributed by atoms with Crippen molar-refractivity contribution in [2.75, 3.05) is 25.0 Å². The summed E-state index contributed by atoms with van der Waals surface area (Å²) in [6, 6.07) is 7.47. The Hall–Kier alpha value is -1.81. The Morgan fingerprint density at radius 1 is 1.42 bits per heavy atom. The summed E-state index contributed by atoms with van der Waals surface area (Å²) in [5.74, 6) is 0.626. The average molecular weight is 262 g/mol. The predicted octanol–water partition coefficient (Wildman–Crippen LogP) is 2.58. The monoisotopic (exact) mass is 262 g/mol. The SMILES string of the molecule is C=CCNCC(=O)Nc1ccccc1OCCCC. The van der Waals surface area contributed by atoms with E-state index < -0.39 is 0 Å². The van der Waals surface area contributed by atoms with Crippen LogP contribution in [0.3, 0.4) is 0 Å². The molecule has 4 heteroatoms. The number of hydrogen-bond donors (Lipinski definition) is 2. The number of para-hydroxylation sites is 2. The van der Waals surface area contributed by atoms with Crippen molar-refractivity contribution >= 4 is 11.6 Å². The number of benzene rings is 1. The van der Waals surface area contributed by atoms with Gasteiger partial charge in [-0.05, 0) is 18.6 Å². The van der Waals surface area contributed by atoms with Crippen molar-refractivity contribution in [1.82, 2.24) is 5.32 Å². The summed E-state index contributed by atoms with van der Waals surface area (Å²) in [4.78, 5) is 11.7. The van der Waals surface area contributed by atoms with E-state index in [1.807, 2.05) is 24.3 Å². The van der Waals surface area contributed by atoms with Gasteiger partial charge in [0.05, 0.1) is 18.8 Å². The van der Waals surface area contributed by atoms with E-state index in [1.165, 1.54) is 0 Å². The maximum absolute atomic E-state index is 11.7. The second-order valence-electron chi connectivity index (χ2n) is 4.17. The first-order valence-electron chi connectivity index (χ1n) is 6.61. The smallest absolute Gasteiger partial charge is 0.238 e. The minimum atomic E-state index is -0.0895. The van der Waals surface area contributed by atoms with Gasteiger partial charge >= 0.3 is 0 Å². The lowest BCUT2D eigenvalue weighted by Gasteiger charge is -2.12. The third-order valence-corrected chi connectivity index (χ3v) is 2.49. The van der Waals surface area contributed by atoms with Crippen molar-refractivity contribution in [1.29, 1.82) is 0 Å². The van der Waals surface area contributed by atoms with Gasteiger partial charge in [-0.2, -0.15) is 0 Å². The van der Waals surface area contributed by atoms with Gasteiger partial charge in [0.1, 0.15) is 5.75 Å². The van der Waals surface area contributed by atoms with Crippen LogP contribution in [0.15, 0.2) is 36.9 Å². The average Bonchev–Trinajstić information content (AvgIpc) is 2.41. The summed E-state index contributed by atoms with van der Waals surface area (Å²) in [6.45, 7) is 7.23. The molecule has 0 radical (unpaired) electrons. The fourth-order valence-corrected chi connectivity index (χ4v) is 1.50. The summed E-state index contributed by atoms with van der Waals surface area (Å²) in [6.07, 6.45) is 3.80. The number of ether oxygens (including phenoxy) is 1. The molecule has 2 N–H and O–H groups in total. The first kappa shape index (κ1) is 15.2. The molecule has 1 rings (SSSR count). The Balaban J connectivity index is 2.51. The second kappa shape index (κ2) is 9.16. The summed E-state index contributed by atoms with van der Waals surface area (Å²) >= 11 is 0. The molecule has 0 unspecified atom stereocenters. The Kier molecular flexibility index (Phi) is 7.35. The first-order valence-corrected chi connectivity index (χ1v) is 6.61. The highest BCUT2D eigenvalue weighted by atomic mass is 16.5. The first-order chi connectivity index (χ1) is 9.27. The number of rotatable bonds is 9. The maximum Gasteiger partial charge on any atom is 0.238 e. The molecule has 0 saturated heterocycles. The molecule has 0 atom stereocenters. The van der Waals surface area contributed by atoms with E-state index in [4.69, 9.17) is 4.74 Å². The Morgan fingerprint density at radius 2 is 2.21 bits per heavy atom. The fraction of sp³-hybridized carbons (Fsp3) is 0.400. The van der Waals surface area contributed by atoms with Crippen molar-refractivity contribution in [3.63, 3.8) is 0 Å². The topological polar surface area (TPSA) is 50.4 Å². The lowest BCUT2D eigenvalue weighted by molar-refractivity contribution is -0.115. The largest absolute Gasteiger partial charge is 0.491 e. The molecule has 1 amide bonds. The minimum Gasteiger partial charge on any atom is -0.491 e. The van der Waals surface area contributed by atoms with Crippen LogP contribution in [0, 0.1) is 0 Å². The maximum atomic E-state index is 11.7. The van der Waals surface area contributed by atoms with Crippen LogP contribution in [0.5, 0.6) is 5.75 Å². The third kappa shape index (κ3) is 6.06. The van der Waals surface area contributed by atoms with Gasteiger partial charge in [-0.3, -0.25) is 4.79 Å². The van der Waals surface area contributed by atoms with Crippen LogP contribution in [0.1, 0.15) is 19.8 Å². The van der Waals surface area contributed by atoms with Gasteiger partial charge in [-0.25, -0.2) is 0 Å².